The van der Waals surface area contributed by atoms with Crippen LogP contribution in [0.3, 0.4) is 0 Å². The molecule has 0 bridgehead atoms. The second-order valence-electron chi connectivity index (χ2n) is 6.52. The van der Waals surface area contributed by atoms with Crippen molar-refractivity contribution in [3.05, 3.63) is 70.4 Å². The molecule has 0 saturated heterocycles. The van der Waals surface area contributed by atoms with E-state index in [1.807, 2.05) is 42.8 Å². The van der Waals surface area contributed by atoms with Crippen molar-refractivity contribution in [1.82, 2.24) is 10.6 Å². The smallest absolute Gasteiger partial charge is 0.191 e. The number of hydrogen-bond donors (Lipinski definition) is 3. The van der Waals surface area contributed by atoms with Crippen LogP contribution in [0.15, 0.2) is 64.3 Å². The fourth-order valence-electron chi connectivity index (χ4n) is 2.78. The molecule has 4 nitrogen and oxygen atoms in total. The number of benzene rings is 2. The summed E-state index contributed by atoms with van der Waals surface area (Å²) in [5, 5.41) is 23.5. The Hall–Kier alpha value is -1.64. The molecule has 3 N–H and O–H groups in total. The molecule has 2 aromatic carbocycles. The number of guanidine groups is 1. The molecule has 144 valence electrons. The molecule has 0 aliphatic carbocycles. The summed E-state index contributed by atoms with van der Waals surface area (Å²) >= 11 is 1.59. The van der Waals surface area contributed by atoms with Crippen LogP contribution in [0.2, 0.25) is 0 Å². The van der Waals surface area contributed by atoms with Gasteiger partial charge in [-0.1, -0.05) is 36.4 Å². The lowest BCUT2D eigenvalue weighted by molar-refractivity contribution is 0.0621. The van der Waals surface area contributed by atoms with Crippen molar-refractivity contribution in [2.75, 3.05) is 13.1 Å². The zero-order chi connectivity index (χ0) is 18.4. The second kappa shape index (κ2) is 10.1. The highest BCUT2D eigenvalue weighted by molar-refractivity contribution is 14.0. The highest BCUT2D eigenvalue weighted by Crippen LogP contribution is 2.22. The number of nitrogens with one attached hydrogen (secondary N) is 2. The Morgan fingerprint density at radius 1 is 1.11 bits per heavy atom. The van der Waals surface area contributed by atoms with E-state index in [1.165, 1.54) is 10.8 Å². The predicted octanol–water partition coefficient (Wildman–Crippen LogP) is 4.48. The zero-order valence-electron chi connectivity index (χ0n) is 15.6. The van der Waals surface area contributed by atoms with E-state index in [9.17, 15) is 5.11 Å². The van der Waals surface area contributed by atoms with Gasteiger partial charge in [-0.2, -0.15) is 11.3 Å². The molecule has 0 radical (unpaired) electrons. The Kier molecular flexibility index (Phi) is 8.07. The Labute approximate surface area is 181 Å². The van der Waals surface area contributed by atoms with Crippen molar-refractivity contribution in [2.45, 2.75) is 26.0 Å². The molecule has 27 heavy (non-hydrogen) atoms. The lowest BCUT2D eigenvalue weighted by Gasteiger charge is -2.24. The topological polar surface area (TPSA) is 56.7 Å². The minimum absolute atomic E-state index is 0. The van der Waals surface area contributed by atoms with E-state index in [1.54, 1.807) is 11.3 Å². The van der Waals surface area contributed by atoms with Gasteiger partial charge in [-0.25, -0.2) is 4.99 Å². The van der Waals surface area contributed by atoms with Crippen LogP contribution in [0, 0.1) is 0 Å². The summed E-state index contributed by atoms with van der Waals surface area (Å²) in [7, 11) is 0. The summed E-state index contributed by atoms with van der Waals surface area (Å²) in [6.45, 7) is 5.59. The van der Waals surface area contributed by atoms with Crippen molar-refractivity contribution < 1.29 is 5.11 Å². The van der Waals surface area contributed by atoms with Crippen LogP contribution < -0.4 is 10.6 Å². The SMILES string of the molecule is CCNC(=NCc1ccc2ccccc2c1)NCC(C)(O)c1ccsc1.I. The van der Waals surface area contributed by atoms with E-state index in [4.69, 9.17) is 0 Å². The molecule has 0 spiro atoms. The number of aliphatic imine (C=N–C) groups is 1. The van der Waals surface area contributed by atoms with E-state index in [-0.39, 0.29) is 24.0 Å². The first-order valence-corrected chi connectivity index (χ1v) is 9.78. The van der Waals surface area contributed by atoms with Crippen molar-refractivity contribution in [3.8, 4) is 0 Å². The highest BCUT2D eigenvalue weighted by Gasteiger charge is 2.23. The summed E-state index contributed by atoms with van der Waals surface area (Å²) in [4.78, 5) is 4.66. The van der Waals surface area contributed by atoms with E-state index in [2.05, 4.69) is 46.0 Å². The Bertz CT molecular complexity index is 878. The first-order valence-electron chi connectivity index (χ1n) is 8.83. The number of rotatable bonds is 6. The second-order valence-corrected chi connectivity index (χ2v) is 7.30. The van der Waals surface area contributed by atoms with Gasteiger partial charge in [-0.15, -0.1) is 24.0 Å². The van der Waals surface area contributed by atoms with Crippen LogP contribution in [0.5, 0.6) is 0 Å². The summed E-state index contributed by atoms with van der Waals surface area (Å²) in [5.41, 5.74) is 1.14. The molecule has 3 rings (SSSR count). The number of nitrogens with zero attached hydrogens (tertiary/aromatic N) is 1. The molecule has 1 unspecified atom stereocenters. The fraction of sp³-hybridized carbons (Fsp3) is 0.286. The third kappa shape index (κ3) is 5.92. The van der Waals surface area contributed by atoms with Gasteiger partial charge in [0.2, 0.25) is 0 Å². The van der Waals surface area contributed by atoms with Crippen molar-refractivity contribution >= 4 is 52.0 Å². The molecule has 0 aliphatic rings. The zero-order valence-corrected chi connectivity index (χ0v) is 18.8. The minimum atomic E-state index is -0.931. The fourth-order valence-corrected chi connectivity index (χ4v) is 3.56. The number of halogens is 1. The number of hydrogen-bond acceptors (Lipinski definition) is 3. The van der Waals surface area contributed by atoms with Gasteiger partial charge in [0, 0.05) is 6.54 Å². The van der Waals surface area contributed by atoms with E-state index < -0.39 is 5.60 Å². The minimum Gasteiger partial charge on any atom is -0.384 e. The third-order valence-corrected chi connectivity index (χ3v) is 5.00. The number of thiophene rings is 1. The molecule has 3 aromatic rings. The van der Waals surface area contributed by atoms with Gasteiger partial charge in [0.15, 0.2) is 5.96 Å². The van der Waals surface area contributed by atoms with Crippen LogP contribution in [-0.4, -0.2) is 24.2 Å². The normalized spacial score (nSPS) is 13.7. The molecule has 0 saturated carbocycles. The van der Waals surface area contributed by atoms with Gasteiger partial charge in [0.1, 0.15) is 5.60 Å². The van der Waals surface area contributed by atoms with Crippen LogP contribution in [0.25, 0.3) is 10.8 Å². The first kappa shape index (κ1) is 21.7. The Balaban J connectivity index is 0.00000261. The van der Waals surface area contributed by atoms with E-state index >= 15 is 0 Å². The lowest BCUT2D eigenvalue weighted by Crippen LogP contribution is -2.44. The van der Waals surface area contributed by atoms with Gasteiger partial charge in [-0.3, -0.25) is 0 Å². The summed E-state index contributed by atoms with van der Waals surface area (Å²) in [5.74, 6) is 0.705. The predicted molar refractivity (Wildman–Crippen MR) is 126 cm³/mol. The molecule has 1 heterocycles. The number of fused-ring (bicyclic) bond motifs is 1. The first-order chi connectivity index (χ1) is 12.6. The maximum absolute atomic E-state index is 10.7. The van der Waals surface area contributed by atoms with Gasteiger partial charge in [0.25, 0.3) is 0 Å². The van der Waals surface area contributed by atoms with Gasteiger partial charge in [-0.05, 0) is 58.6 Å². The third-order valence-electron chi connectivity index (χ3n) is 4.32. The van der Waals surface area contributed by atoms with E-state index in [0.29, 0.717) is 19.0 Å². The molecular formula is C21H26IN3OS. The highest BCUT2D eigenvalue weighted by atomic mass is 127. The van der Waals surface area contributed by atoms with Gasteiger partial charge >= 0.3 is 0 Å². The standard InChI is InChI=1S/C21H25N3OS.HI/c1-3-22-20(24-15-21(2,25)19-10-11-26-14-19)23-13-16-8-9-17-6-4-5-7-18(17)12-16;/h4-12,14,25H,3,13,15H2,1-2H3,(H2,22,23,24);1H. The van der Waals surface area contributed by atoms with Crippen LogP contribution in [0.4, 0.5) is 0 Å². The van der Waals surface area contributed by atoms with Crippen molar-refractivity contribution in [1.29, 1.82) is 0 Å². The molecular weight excluding hydrogens is 469 g/mol. The average molecular weight is 495 g/mol. The molecule has 1 aromatic heterocycles. The monoisotopic (exact) mass is 495 g/mol. The molecule has 0 fully saturated rings. The van der Waals surface area contributed by atoms with Gasteiger partial charge < -0.3 is 15.7 Å². The maximum atomic E-state index is 10.7. The Morgan fingerprint density at radius 2 is 1.89 bits per heavy atom. The molecule has 0 aliphatic heterocycles. The largest absolute Gasteiger partial charge is 0.384 e. The summed E-state index contributed by atoms with van der Waals surface area (Å²) < 4.78 is 0. The summed E-state index contributed by atoms with van der Waals surface area (Å²) in [6, 6.07) is 16.7. The molecule has 1 atom stereocenters. The number of aliphatic hydroxyl groups is 1. The average Bonchev–Trinajstić information content (AvgIpc) is 3.19. The van der Waals surface area contributed by atoms with Crippen LogP contribution in [0.1, 0.15) is 25.0 Å². The van der Waals surface area contributed by atoms with Crippen molar-refractivity contribution in [3.63, 3.8) is 0 Å². The lowest BCUT2D eigenvalue weighted by atomic mass is 9.99. The molecule has 0 amide bonds. The van der Waals surface area contributed by atoms with Gasteiger partial charge in [0.05, 0.1) is 13.1 Å². The quantitative estimate of drug-likeness (QED) is 0.269. The van der Waals surface area contributed by atoms with Crippen LogP contribution >= 0.6 is 35.3 Å². The van der Waals surface area contributed by atoms with E-state index in [0.717, 1.165) is 17.7 Å². The van der Waals surface area contributed by atoms with Crippen LogP contribution in [-0.2, 0) is 12.1 Å². The molecule has 6 heteroatoms. The van der Waals surface area contributed by atoms with Crippen molar-refractivity contribution in [2.24, 2.45) is 4.99 Å². The Morgan fingerprint density at radius 3 is 2.59 bits per heavy atom. The summed E-state index contributed by atoms with van der Waals surface area (Å²) in [6.07, 6.45) is 0. The maximum Gasteiger partial charge on any atom is 0.191 e.